The van der Waals surface area contributed by atoms with Gasteiger partial charge < -0.3 is 5.11 Å². The van der Waals surface area contributed by atoms with Gasteiger partial charge >= 0.3 is 6.18 Å². The molecule has 0 fully saturated rings. The third-order valence-corrected chi connectivity index (χ3v) is 2.77. The fraction of sp³-hybridized carbons (Fsp3) is 0.333. The summed E-state index contributed by atoms with van der Waals surface area (Å²) in [6, 6.07) is 4.43. The number of aliphatic hydroxyl groups is 1. The molecule has 2 rings (SSSR count). The van der Waals surface area contributed by atoms with Crippen LogP contribution in [0.5, 0.6) is 0 Å². The Balaban J connectivity index is 2.21. The van der Waals surface area contributed by atoms with Crippen molar-refractivity contribution in [1.82, 2.24) is 14.8 Å². The lowest BCUT2D eigenvalue weighted by molar-refractivity contribution is -0.137. The van der Waals surface area contributed by atoms with Gasteiger partial charge in [0.05, 0.1) is 12.1 Å². The van der Waals surface area contributed by atoms with Gasteiger partial charge in [-0.15, -0.1) is 0 Å². The Kier molecular flexibility index (Phi) is 3.32. The monoisotopic (exact) mass is 271 g/mol. The fourth-order valence-electron chi connectivity index (χ4n) is 1.74. The van der Waals surface area contributed by atoms with Crippen molar-refractivity contribution in [3.05, 3.63) is 48.0 Å². The van der Waals surface area contributed by atoms with Crippen LogP contribution < -0.4 is 0 Å². The minimum absolute atomic E-state index is 0.109. The van der Waals surface area contributed by atoms with Crippen LogP contribution in [0.2, 0.25) is 0 Å². The van der Waals surface area contributed by atoms with Crippen LogP contribution in [0, 0.1) is 0 Å². The van der Waals surface area contributed by atoms with Crippen LogP contribution in [-0.2, 0) is 18.3 Å². The molecule has 0 aliphatic heterocycles. The van der Waals surface area contributed by atoms with Crippen molar-refractivity contribution in [3.63, 3.8) is 0 Å². The van der Waals surface area contributed by atoms with Crippen molar-refractivity contribution in [2.24, 2.45) is 0 Å². The fourth-order valence-corrected chi connectivity index (χ4v) is 1.74. The number of nitrogens with zero attached hydrogens (tertiary/aromatic N) is 3. The first-order valence-electron chi connectivity index (χ1n) is 5.51. The largest absolute Gasteiger partial charge is 0.416 e. The van der Waals surface area contributed by atoms with Crippen LogP contribution in [-0.4, -0.2) is 19.9 Å². The smallest absolute Gasteiger partial charge is 0.384 e. The second-order valence-corrected chi connectivity index (χ2v) is 4.44. The molecule has 0 radical (unpaired) electrons. The molecule has 102 valence electrons. The maximum absolute atomic E-state index is 12.4. The van der Waals surface area contributed by atoms with Crippen molar-refractivity contribution in [3.8, 4) is 0 Å². The number of rotatable bonds is 3. The molecule has 1 atom stereocenters. The molecule has 1 unspecified atom stereocenters. The second-order valence-electron chi connectivity index (χ2n) is 4.44. The molecule has 1 aromatic carbocycles. The van der Waals surface area contributed by atoms with Gasteiger partial charge in [-0.3, -0.25) is 0 Å². The molecule has 7 heteroatoms. The maximum Gasteiger partial charge on any atom is 0.416 e. The van der Waals surface area contributed by atoms with E-state index in [1.54, 1.807) is 0 Å². The minimum Gasteiger partial charge on any atom is -0.384 e. The Morgan fingerprint density at radius 3 is 2.21 bits per heavy atom. The van der Waals surface area contributed by atoms with Gasteiger partial charge in [0.15, 0.2) is 0 Å². The molecule has 0 amide bonds. The summed E-state index contributed by atoms with van der Waals surface area (Å²) in [5, 5.41) is 14.1. The minimum atomic E-state index is -4.38. The highest BCUT2D eigenvalue weighted by molar-refractivity contribution is 5.28. The molecule has 1 aromatic heterocycles. The van der Waals surface area contributed by atoms with Gasteiger partial charge in [-0.2, -0.15) is 18.3 Å². The van der Waals surface area contributed by atoms with Crippen molar-refractivity contribution < 1.29 is 18.3 Å². The van der Waals surface area contributed by atoms with E-state index in [2.05, 4.69) is 10.1 Å². The number of hydrogen-bond acceptors (Lipinski definition) is 3. The van der Waals surface area contributed by atoms with Gasteiger partial charge in [0, 0.05) is 0 Å². The first-order valence-corrected chi connectivity index (χ1v) is 5.51. The average Bonchev–Trinajstić information content (AvgIpc) is 2.80. The molecular formula is C12H12F3N3O. The summed E-state index contributed by atoms with van der Waals surface area (Å²) < 4.78 is 38.7. The Morgan fingerprint density at radius 2 is 1.74 bits per heavy atom. The molecule has 0 saturated heterocycles. The molecule has 0 saturated carbocycles. The Morgan fingerprint density at radius 1 is 1.16 bits per heavy atom. The van der Waals surface area contributed by atoms with Gasteiger partial charge in [-0.05, 0) is 24.6 Å². The predicted octanol–water partition coefficient (Wildman–Crippen LogP) is 2.20. The Labute approximate surface area is 107 Å². The van der Waals surface area contributed by atoms with Gasteiger partial charge in [-0.1, -0.05) is 12.1 Å². The van der Waals surface area contributed by atoms with Crippen LogP contribution in [0.1, 0.15) is 18.1 Å². The molecule has 0 aliphatic carbocycles. The molecule has 0 spiro atoms. The summed E-state index contributed by atoms with van der Waals surface area (Å²) in [5.74, 6) is 0. The predicted molar refractivity (Wildman–Crippen MR) is 61.0 cm³/mol. The van der Waals surface area contributed by atoms with Crippen molar-refractivity contribution in [2.75, 3.05) is 0 Å². The molecule has 0 aliphatic rings. The standard InChI is InChI=1S/C12H12F3N3O/c1-11(19,6-18-8-16-7-17-18)9-2-4-10(5-3-9)12(13,14)15/h2-5,7-8,19H,6H2,1H3. The summed E-state index contributed by atoms with van der Waals surface area (Å²) in [4.78, 5) is 3.74. The quantitative estimate of drug-likeness (QED) is 0.931. The highest BCUT2D eigenvalue weighted by atomic mass is 19.4. The number of benzene rings is 1. The molecular weight excluding hydrogens is 259 g/mol. The van der Waals surface area contributed by atoms with Gasteiger partial charge in [0.1, 0.15) is 18.3 Å². The van der Waals surface area contributed by atoms with Crippen molar-refractivity contribution >= 4 is 0 Å². The normalized spacial score (nSPS) is 15.2. The number of aromatic nitrogens is 3. The molecule has 1 heterocycles. The zero-order valence-corrected chi connectivity index (χ0v) is 10.1. The summed E-state index contributed by atoms with van der Waals surface area (Å²) in [7, 11) is 0. The van der Waals surface area contributed by atoms with E-state index in [0.717, 1.165) is 12.1 Å². The molecule has 4 nitrogen and oxygen atoms in total. The summed E-state index contributed by atoms with van der Waals surface area (Å²) in [5.41, 5.74) is -1.68. The number of alkyl halides is 3. The Bertz CT molecular complexity index is 532. The second kappa shape index (κ2) is 4.65. The van der Waals surface area contributed by atoms with Crippen LogP contribution >= 0.6 is 0 Å². The first kappa shape index (κ1) is 13.5. The summed E-state index contributed by atoms with van der Waals surface area (Å²) in [6.07, 6.45) is -1.63. The van der Waals surface area contributed by atoms with Gasteiger partial charge in [-0.25, -0.2) is 9.67 Å². The van der Waals surface area contributed by atoms with E-state index in [1.807, 2.05) is 0 Å². The van der Waals surface area contributed by atoms with E-state index in [-0.39, 0.29) is 6.54 Å². The third-order valence-electron chi connectivity index (χ3n) is 2.77. The molecule has 1 N–H and O–H groups in total. The molecule has 19 heavy (non-hydrogen) atoms. The zero-order valence-electron chi connectivity index (χ0n) is 10.1. The zero-order chi connectivity index (χ0) is 14.1. The third kappa shape index (κ3) is 3.11. The topological polar surface area (TPSA) is 50.9 Å². The van der Waals surface area contributed by atoms with Crippen molar-refractivity contribution in [2.45, 2.75) is 25.2 Å². The van der Waals surface area contributed by atoms with E-state index >= 15 is 0 Å². The first-order chi connectivity index (χ1) is 8.79. The number of hydrogen-bond donors (Lipinski definition) is 1. The lowest BCUT2D eigenvalue weighted by atomic mass is 9.95. The Hall–Kier alpha value is -1.89. The van der Waals surface area contributed by atoms with Crippen LogP contribution in [0.4, 0.5) is 13.2 Å². The molecule has 0 bridgehead atoms. The van der Waals surface area contributed by atoms with Gasteiger partial charge in [0.2, 0.25) is 0 Å². The molecule has 2 aromatic rings. The highest BCUT2D eigenvalue weighted by Crippen LogP contribution is 2.31. The number of halogens is 3. The van der Waals surface area contributed by atoms with E-state index < -0.39 is 17.3 Å². The van der Waals surface area contributed by atoms with Gasteiger partial charge in [0.25, 0.3) is 0 Å². The van der Waals surface area contributed by atoms with Crippen LogP contribution in [0.3, 0.4) is 0 Å². The van der Waals surface area contributed by atoms with Crippen LogP contribution in [0.15, 0.2) is 36.9 Å². The van der Waals surface area contributed by atoms with Crippen LogP contribution in [0.25, 0.3) is 0 Å². The summed E-state index contributed by atoms with van der Waals surface area (Å²) >= 11 is 0. The lowest BCUT2D eigenvalue weighted by Crippen LogP contribution is -2.28. The van der Waals surface area contributed by atoms with E-state index in [0.29, 0.717) is 5.56 Å². The lowest BCUT2D eigenvalue weighted by Gasteiger charge is -2.24. The average molecular weight is 271 g/mol. The summed E-state index contributed by atoms with van der Waals surface area (Å²) in [6.45, 7) is 1.62. The van der Waals surface area contributed by atoms with E-state index in [4.69, 9.17) is 0 Å². The van der Waals surface area contributed by atoms with E-state index in [1.165, 1.54) is 36.4 Å². The van der Waals surface area contributed by atoms with E-state index in [9.17, 15) is 18.3 Å². The SMILES string of the molecule is CC(O)(Cn1cncn1)c1ccc(C(F)(F)F)cc1. The maximum atomic E-state index is 12.4. The highest BCUT2D eigenvalue weighted by Gasteiger charge is 2.31. The van der Waals surface area contributed by atoms with Crippen molar-refractivity contribution in [1.29, 1.82) is 0 Å².